The molecule has 1 rings (SSSR count). The number of hydrogen-bond donors (Lipinski definition) is 1. The van der Waals surface area contributed by atoms with E-state index in [2.05, 4.69) is 44.7 Å². The van der Waals surface area contributed by atoms with Gasteiger partial charge in [-0.25, -0.2) is 0 Å². The minimum absolute atomic E-state index is 0.0264. The molecule has 102 valence electrons. The lowest BCUT2D eigenvalue weighted by atomic mass is 10.0. The summed E-state index contributed by atoms with van der Waals surface area (Å²) in [5.41, 5.74) is 0.827. The summed E-state index contributed by atoms with van der Waals surface area (Å²) in [6.07, 6.45) is 3.96. The van der Waals surface area contributed by atoms with Crippen LogP contribution in [0.3, 0.4) is 0 Å². The van der Waals surface area contributed by atoms with E-state index in [1.54, 1.807) is 0 Å². The van der Waals surface area contributed by atoms with Crippen LogP contribution in [-0.2, 0) is 6.42 Å². The third-order valence-electron chi connectivity index (χ3n) is 2.89. The van der Waals surface area contributed by atoms with Crippen LogP contribution in [0.25, 0.3) is 0 Å². The fourth-order valence-corrected chi connectivity index (χ4v) is 2.98. The number of carbonyl (C=O) groups excluding carboxylic acids is 1. The first-order valence-corrected chi connectivity index (χ1v) is 8.27. The number of hydrogen-bond acceptors (Lipinski definition) is 4. The molecule has 1 heterocycles. The molecule has 0 aliphatic carbocycles. The van der Waals surface area contributed by atoms with Gasteiger partial charge in [0.25, 0.3) is 5.91 Å². The molecule has 0 bridgehead atoms. The number of alkyl halides is 1. The van der Waals surface area contributed by atoms with Gasteiger partial charge in [0.2, 0.25) is 0 Å². The molecule has 6 heteroatoms. The number of carbonyl (C=O) groups is 1. The van der Waals surface area contributed by atoms with Crippen molar-refractivity contribution < 1.29 is 4.79 Å². The number of halogens is 1. The van der Waals surface area contributed by atoms with Crippen LogP contribution in [0.15, 0.2) is 0 Å². The van der Waals surface area contributed by atoms with Crippen molar-refractivity contribution in [3.63, 3.8) is 0 Å². The molecule has 4 nitrogen and oxygen atoms in total. The smallest absolute Gasteiger partial charge is 0.264 e. The van der Waals surface area contributed by atoms with Gasteiger partial charge in [-0.05, 0) is 30.3 Å². The Morgan fingerprint density at radius 1 is 1.50 bits per heavy atom. The number of aryl methyl sites for hydroxylation is 1. The van der Waals surface area contributed by atoms with Crippen LogP contribution in [0.1, 0.15) is 48.5 Å². The SMILES string of the molecule is CCCc1nnsc1C(=O)NCC(CC)CCBr. The molecule has 1 aromatic rings. The molecular formula is C12H20BrN3OS. The standard InChI is InChI=1S/C12H20BrN3OS/c1-3-5-10-11(18-16-15-10)12(17)14-8-9(4-2)6-7-13/h9H,3-8H2,1-2H3,(H,14,17). The van der Waals surface area contributed by atoms with Crippen LogP contribution < -0.4 is 5.32 Å². The van der Waals surface area contributed by atoms with Crippen molar-refractivity contribution in [3.8, 4) is 0 Å². The van der Waals surface area contributed by atoms with Gasteiger partial charge in [0.15, 0.2) is 0 Å². The van der Waals surface area contributed by atoms with Crippen molar-refractivity contribution in [2.75, 3.05) is 11.9 Å². The predicted molar refractivity (Wildman–Crippen MR) is 78.4 cm³/mol. The Labute approximate surface area is 121 Å². The molecule has 0 aromatic carbocycles. The Hall–Kier alpha value is -0.490. The molecule has 1 unspecified atom stereocenters. The van der Waals surface area contributed by atoms with Crippen LogP contribution in [0.5, 0.6) is 0 Å². The number of nitrogens with zero attached hydrogens (tertiary/aromatic N) is 2. The van der Waals surface area contributed by atoms with Gasteiger partial charge in [0, 0.05) is 11.9 Å². The molecular weight excluding hydrogens is 314 g/mol. The third kappa shape index (κ3) is 4.65. The molecule has 0 spiro atoms. The van der Waals surface area contributed by atoms with Crippen molar-refractivity contribution in [2.45, 2.75) is 39.5 Å². The molecule has 0 saturated heterocycles. The summed E-state index contributed by atoms with van der Waals surface area (Å²) >= 11 is 4.63. The van der Waals surface area contributed by atoms with Crippen molar-refractivity contribution in [2.24, 2.45) is 5.92 Å². The lowest BCUT2D eigenvalue weighted by Crippen LogP contribution is -2.29. The van der Waals surface area contributed by atoms with E-state index >= 15 is 0 Å². The van der Waals surface area contributed by atoms with E-state index < -0.39 is 0 Å². The predicted octanol–water partition coefficient (Wildman–Crippen LogP) is 3.03. The van der Waals surface area contributed by atoms with Gasteiger partial charge < -0.3 is 5.32 Å². The van der Waals surface area contributed by atoms with E-state index in [0.717, 1.165) is 43.3 Å². The Morgan fingerprint density at radius 2 is 2.28 bits per heavy atom. The van der Waals surface area contributed by atoms with Crippen LogP contribution >= 0.6 is 27.5 Å². The second-order valence-corrected chi connectivity index (χ2v) is 5.81. The quantitative estimate of drug-likeness (QED) is 0.744. The first kappa shape index (κ1) is 15.6. The van der Waals surface area contributed by atoms with Crippen LogP contribution in [-0.4, -0.2) is 27.4 Å². The number of aromatic nitrogens is 2. The highest BCUT2D eigenvalue weighted by molar-refractivity contribution is 9.09. The molecule has 0 saturated carbocycles. The Balaban J connectivity index is 2.51. The summed E-state index contributed by atoms with van der Waals surface area (Å²) in [6, 6.07) is 0. The molecule has 1 amide bonds. The summed E-state index contributed by atoms with van der Waals surface area (Å²) < 4.78 is 3.87. The fourth-order valence-electron chi connectivity index (χ4n) is 1.70. The summed E-state index contributed by atoms with van der Waals surface area (Å²) in [5, 5.41) is 7.98. The monoisotopic (exact) mass is 333 g/mol. The van der Waals surface area contributed by atoms with E-state index in [0.29, 0.717) is 10.8 Å². The highest BCUT2D eigenvalue weighted by Crippen LogP contribution is 2.13. The zero-order valence-electron chi connectivity index (χ0n) is 10.9. The lowest BCUT2D eigenvalue weighted by Gasteiger charge is -2.13. The number of amides is 1. The van der Waals surface area contributed by atoms with E-state index in [-0.39, 0.29) is 5.91 Å². The molecule has 18 heavy (non-hydrogen) atoms. The normalized spacial score (nSPS) is 12.4. The van der Waals surface area contributed by atoms with Gasteiger partial charge in [0.05, 0.1) is 5.69 Å². The molecule has 0 radical (unpaired) electrons. The topological polar surface area (TPSA) is 54.9 Å². The van der Waals surface area contributed by atoms with Crippen molar-refractivity contribution in [3.05, 3.63) is 10.6 Å². The highest BCUT2D eigenvalue weighted by atomic mass is 79.9. The maximum Gasteiger partial charge on any atom is 0.264 e. The van der Waals surface area contributed by atoms with Gasteiger partial charge in [-0.2, -0.15) is 0 Å². The van der Waals surface area contributed by atoms with Crippen LogP contribution in [0.4, 0.5) is 0 Å². The summed E-state index contributed by atoms with van der Waals surface area (Å²) in [7, 11) is 0. The van der Waals surface area contributed by atoms with Crippen LogP contribution in [0.2, 0.25) is 0 Å². The first-order chi connectivity index (χ1) is 8.72. The average molecular weight is 334 g/mol. The van der Waals surface area contributed by atoms with E-state index in [1.165, 1.54) is 11.5 Å². The molecule has 1 atom stereocenters. The molecule has 0 fully saturated rings. The Kier molecular flexibility index (Phi) is 7.42. The summed E-state index contributed by atoms with van der Waals surface area (Å²) in [4.78, 5) is 12.7. The van der Waals surface area contributed by atoms with Crippen molar-refractivity contribution in [1.29, 1.82) is 0 Å². The Morgan fingerprint density at radius 3 is 2.89 bits per heavy atom. The molecule has 1 N–H and O–H groups in total. The summed E-state index contributed by atoms with van der Waals surface area (Å²) in [5.74, 6) is 0.505. The molecule has 0 aliphatic heterocycles. The van der Waals surface area contributed by atoms with Gasteiger partial charge in [-0.3, -0.25) is 4.79 Å². The van der Waals surface area contributed by atoms with E-state index in [1.807, 2.05) is 0 Å². The minimum atomic E-state index is -0.0264. The highest BCUT2D eigenvalue weighted by Gasteiger charge is 2.16. The largest absolute Gasteiger partial charge is 0.351 e. The average Bonchev–Trinajstić information content (AvgIpc) is 2.83. The van der Waals surface area contributed by atoms with Crippen molar-refractivity contribution in [1.82, 2.24) is 14.9 Å². The van der Waals surface area contributed by atoms with Gasteiger partial charge in [-0.15, -0.1) is 5.10 Å². The maximum atomic E-state index is 12.0. The minimum Gasteiger partial charge on any atom is -0.351 e. The van der Waals surface area contributed by atoms with Crippen LogP contribution in [0, 0.1) is 5.92 Å². The number of rotatable bonds is 8. The van der Waals surface area contributed by atoms with Gasteiger partial charge in [-0.1, -0.05) is 47.1 Å². The second-order valence-electron chi connectivity index (χ2n) is 4.26. The van der Waals surface area contributed by atoms with Gasteiger partial charge >= 0.3 is 0 Å². The third-order valence-corrected chi connectivity index (χ3v) is 4.12. The molecule has 1 aromatic heterocycles. The molecule has 0 aliphatic rings. The van der Waals surface area contributed by atoms with Gasteiger partial charge in [0.1, 0.15) is 4.88 Å². The Bertz CT molecular complexity index is 370. The maximum absolute atomic E-state index is 12.0. The lowest BCUT2D eigenvalue weighted by molar-refractivity contribution is 0.0949. The van der Waals surface area contributed by atoms with Crippen molar-refractivity contribution >= 4 is 33.4 Å². The van der Waals surface area contributed by atoms with E-state index in [4.69, 9.17) is 0 Å². The number of nitrogens with one attached hydrogen (secondary N) is 1. The zero-order valence-corrected chi connectivity index (χ0v) is 13.3. The fraction of sp³-hybridized carbons (Fsp3) is 0.750. The summed E-state index contributed by atoms with van der Waals surface area (Å²) in [6.45, 7) is 4.95. The second kappa shape index (κ2) is 8.58. The zero-order chi connectivity index (χ0) is 13.4. The first-order valence-electron chi connectivity index (χ1n) is 6.38. The van der Waals surface area contributed by atoms with E-state index in [9.17, 15) is 4.79 Å².